The van der Waals surface area contributed by atoms with Crippen LogP contribution in [-0.4, -0.2) is 4.57 Å². The fourth-order valence-electron chi connectivity index (χ4n) is 10.0. The molecule has 314 valence electrons. The molecule has 0 aliphatic carbocycles. The molecule has 0 saturated heterocycles. The van der Waals surface area contributed by atoms with Crippen LogP contribution in [0, 0.1) is 0 Å². The van der Waals surface area contributed by atoms with Gasteiger partial charge in [-0.15, -0.1) is 0 Å². The third kappa shape index (κ3) is 6.84. The summed E-state index contributed by atoms with van der Waals surface area (Å²) in [4.78, 5) is 2.37. The molecule has 67 heavy (non-hydrogen) atoms. The second-order valence-electron chi connectivity index (χ2n) is 17.4. The summed E-state index contributed by atoms with van der Waals surface area (Å²) in [7, 11) is 0. The van der Waals surface area contributed by atoms with E-state index < -0.39 is 0 Å². The molecular formula is C64H42N2O. The molecular weight excluding hydrogens is 813 g/mol. The zero-order chi connectivity index (χ0) is 44.3. The van der Waals surface area contributed by atoms with E-state index in [1.54, 1.807) is 0 Å². The van der Waals surface area contributed by atoms with Gasteiger partial charge in [0.25, 0.3) is 0 Å². The molecule has 0 atom stereocenters. The first-order valence-corrected chi connectivity index (χ1v) is 22.9. The van der Waals surface area contributed by atoms with Crippen molar-refractivity contribution in [3.05, 3.63) is 255 Å². The highest BCUT2D eigenvalue weighted by atomic mass is 16.3. The Hall–Kier alpha value is -8.92. The number of nitrogens with zero attached hydrogens (tertiary/aromatic N) is 2. The van der Waals surface area contributed by atoms with E-state index in [-0.39, 0.29) is 0 Å². The molecule has 0 fully saturated rings. The lowest BCUT2D eigenvalue weighted by Crippen LogP contribution is -2.10. The number of anilines is 3. The van der Waals surface area contributed by atoms with Crippen LogP contribution >= 0.6 is 0 Å². The second kappa shape index (κ2) is 16.0. The maximum Gasteiger partial charge on any atom is 0.136 e. The predicted octanol–water partition coefficient (Wildman–Crippen LogP) is 18.0. The molecule has 3 nitrogen and oxygen atoms in total. The number of fused-ring (bicyclic) bond motifs is 7. The highest BCUT2D eigenvalue weighted by Crippen LogP contribution is 2.41. The van der Waals surface area contributed by atoms with E-state index in [0.717, 1.165) is 55.8 Å². The van der Waals surface area contributed by atoms with Crippen LogP contribution < -0.4 is 4.90 Å². The van der Waals surface area contributed by atoms with Crippen LogP contribution in [0.25, 0.3) is 105 Å². The number of para-hydroxylation sites is 3. The first-order chi connectivity index (χ1) is 33.2. The van der Waals surface area contributed by atoms with Gasteiger partial charge in [0.2, 0.25) is 0 Å². The average molecular weight is 855 g/mol. The number of rotatable bonds is 8. The molecule has 0 aliphatic heterocycles. The summed E-state index contributed by atoms with van der Waals surface area (Å²) in [5.74, 6) is 0. The molecule has 2 aromatic heterocycles. The molecule has 13 rings (SSSR count). The highest BCUT2D eigenvalue weighted by Gasteiger charge is 2.17. The maximum atomic E-state index is 6.25. The van der Waals surface area contributed by atoms with Crippen LogP contribution in [0.3, 0.4) is 0 Å². The van der Waals surface area contributed by atoms with Gasteiger partial charge in [-0.1, -0.05) is 170 Å². The van der Waals surface area contributed by atoms with Crippen LogP contribution in [-0.2, 0) is 0 Å². The highest BCUT2D eigenvalue weighted by molar-refractivity contribution is 6.09. The minimum atomic E-state index is 0.906. The van der Waals surface area contributed by atoms with Crippen LogP contribution in [0.2, 0.25) is 0 Å². The van der Waals surface area contributed by atoms with Crippen molar-refractivity contribution in [2.24, 2.45) is 0 Å². The average Bonchev–Trinajstić information content (AvgIpc) is 3.95. The van der Waals surface area contributed by atoms with Crippen LogP contribution in [0.5, 0.6) is 0 Å². The van der Waals surface area contributed by atoms with Gasteiger partial charge in [-0.3, -0.25) is 0 Å². The molecule has 0 aliphatic rings. The third-order valence-electron chi connectivity index (χ3n) is 13.4. The van der Waals surface area contributed by atoms with Gasteiger partial charge in [0.1, 0.15) is 11.2 Å². The van der Waals surface area contributed by atoms with Crippen LogP contribution in [0.1, 0.15) is 0 Å². The minimum absolute atomic E-state index is 0.906. The molecule has 3 heteroatoms. The number of hydrogen-bond donors (Lipinski definition) is 0. The summed E-state index contributed by atoms with van der Waals surface area (Å²) in [6.45, 7) is 0. The molecule has 2 heterocycles. The van der Waals surface area contributed by atoms with Gasteiger partial charge in [0.05, 0.1) is 11.0 Å². The maximum absolute atomic E-state index is 6.25. The van der Waals surface area contributed by atoms with Gasteiger partial charge in [-0.2, -0.15) is 0 Å². The predicted molar refractivity (Wildman–Crippen MR) is 282 cm³/mol. The third-order valence-corrected chi connectivity index (χ3v) is 13.4. The lowest BCUT2D eigenvalue weighted by molar-refractivity contribution is 0.669. The van der Waals surface area contributed by atoms with E-state index in [4.69, 9.17) is 4.42 Å². The van der Waals surface area contributed by atoms with Crippen molar-refractivity contribution in [1.29, 1.82) is 0 Å². The molecule has 0 saturated carbocycles. The summed E-state index contributed by atoms with van der Waals surface area (Å²) >= 11 is 0. The minimum Gasteiger partial charge on any atom is -0.456 e. The van der Waals surface area contributed by atoms with Crippen molar-refractivity contribution in [2.45, 2.75) is 0 Å². The fraction of sp³-hybridized carbons (Fsp3) is 0. The second-order valence-corrected chi connectivity index (χ2v) is 17.4. The first kappa shape index (κ1) is 38.5. The molecule has 13 aromatic rings. The summed E-state index contributed by atoms with van der Waals surface area (Å²) in [6, 6.07) is 92.0. The monoisotopic (exact) mass is 854 g/mol. The summed E-state index contributed by atoms with van der Waals surface area (Å²) < 4.78 is 8.63. The normalized spacial score (nSPS) is 11.6. The number of furan rings is 1. The molecule has 0 bridgehead atoms. The largest absolute Gasteiger partial charge is 0.456 e. The van der Waals surface area contributed by atoms with Gasteiger partial charge in [0.15, 0.2) is 0 Å². The fourth-order valence-corrected chi connectivity index (χ4v) is 10.0. The Balaban J connectivity index is 0.826. The van der Waals surface area contributed by atoms with Crippen molar-refractivity contribution in [3.8, 4) is 50.2 Å². The van der Waals surface area contributed by atoms with E-state index in [1.165, 1.54) is 66.0 Å². The van der Waals surface area contributed by atoms with Gasteiger partial charge in [-0.25, -0.2) is 0 Å². The van der Waals surface area contributed by atoms with E-state index in [2.05, 4.69) is 252 Å². The molecule has 0 radical (unpaired) electrons. The van der Waals surface area contributed by atoms with Crippen molar-refractivity contribution >= 4 is 71.6 Å². The van der Waals surface area contributed by atoms with Crippen LogP contribution in [0.15, 0.2) is 259 Å². The summed E-state index contributed by atoms with van der Waals surface area (Å²) in [6.07, 6.45) is 0. The number of hydrogen-bond acceptors (Lipinski definition) is 2. The molecule has 0 unspecified atom stereocenters. The standard InChI is InChI=1S/C64H42N2O/c1-2-12-43(13-3-1)47-14-10-16-54(39-47)65(56-36-32-50-38-49(28-29-51(50)41-56)52-33-37-60-59-20-6-9-23-63(59)67-64(60)42-52)53-34-30-45(31-35-53)44-24-26-46(27-25-44)48-15-11-17-55(40-48)66-61-21-7-4-18-57(61)58-19-5-8-22-62(58)66/h1-42H. The zero-order valence-electron chi connectivity index (χ0n) is 36.6. The van der Waals surface area contributed by atoms with Crippen molar-refractivity contribution in [3.63, 3.8) is 0 Å². The van der Waals surface area contributed by atoms with Crippen molar-refractivity contribution in [1.82, 2.24) is 4.57 Å². The van der Waals surface area contributed by atoms with Gasteiger partial charge < -0.3 is 13.9 Å². The first-order valence-electron chi connectivity index (χ1n) is 22.9. The van der Waals surface area contributed by atoms with Crippen molar-refractivity contribution in [2.75, 3.05) is 4.90 Å². The zero-order valence-corrected chi connectivity index (χ0v) is 36.6. The topological polar surface area (TPSA) is 21.3 Å². The quantitative estimate of drug-likeness (QED) is 0.152. The summed E-state index contributed by atoms with van der Waals surface area (Å²) in [5.41, 5.74) is 18.0. The lowest BCUT2D eigenvalue weighted by Gasteiger charge is -2.26. The lowest BCUT2D eigenvalue weighted by atomic mass is 9.99. The van der Waals surface area contributed by atoms with Gasteiger partial charge >= 0.3 is 0 Å². The van der Waals surface area contributed by atoms with Gasteiger partial charge in [0, 0.05) is 44.3 Å². The molecule has 11 aromatic carbocycles. The Kier molecular flexibility index (Phi) is 9.17. The Labute approximate surface area is 388 Å². The van der Waals surface area contributed by atoms with E-state index >= 15 is 0 Å². The summed E-state index contributed by atoms with van der Waals surface area (Å²) in [5, 5.41) is 7.18. The Morgan fingerprint density at radius 1 is 0.269 bits per heavy atom. The Morgan fingerprint density at radius 3 is 1.51 bits per heavy atom. The van der Waals surface area contributed by atoms with E-state index in [9.17, 15) is 0 Å². The van der Waals surface area contributed by atoms with E-state index in [0.29, 0.717) is 0 Å². The molecule has 0 N–H and O–H groups in total. The Bertz CT molecular complexity index is 3920. The number of benzene rings is 11. The van der Waals surface area contributed by atoms with Crippen molar-refractivity contribution < 1.29 is 4.42 Å². The van der Waals surface area contributed by atoms with Crippen LogP contribution in [0.4, 0.5) is 17.1 Å². The molecule has 0 spiro atoms. The van der Waals surface area contributed by atoms with Gasteiger partial charge in [-0.05, 0) is 140 Å². The van der Waals surface area contributed by atoms with E-state index in [1.807, 2.05) is 12.1 Å². The molecule has 0 amide bonds. The SMILES string of the molecule is c1ccc(-c2cccc(N(c3ccc(-c4ccc(-c5cccc(-n6c7ccccc7c7ccccc76)c5)cc4)cc3)c3ccc4cc(-c5ccc6c(c5)oc5ccccc56)ccc4c3)c2)cc1. The Morgan fingerprint density at radius 2 is 0.746 bits per heavy atom. The smallest absolute Gasteiger partial charge is 0.136 e. The number of aromatic nitrogens is 1.